The Morgan fingerprint density at radius 3 is 2.94 bits per heavy atom. The molecule has 3 nitrogen and oxygen atoms in total. The maximum Gasteiger partial charge on any atom is 0.0991 e. The van der Waals surface area contributed by atoms with Crippen molar-refractivity contribution < 1.29 is 4.74 Å². The summed E-state index contributed by atoms with van der Waals surface area (Å²) in [5.74, 6) is 0. The summed E-state index contributed by atoms with van der Waals surface area (Å²) in [4.78, 5) is 0. The van der Waals surface area contributed by atoms with Crippen LogP contribution in [0.1, 0.15) is 25.0 Å². The second-order valence-electron chi connectivity index (χ2n) is 3.97. The Kier molecular flexibility index (Phi) is 5.55. The Balaban J connectivity index is 2.24. The number of ether oxygens (including phenoxy) is 1. The van der Waals surface area contributed by atoms with E-state index in [2.05, 4.69) is 25.2 Å². The van der Waals surface area contributed by atoms with E-state index in [4.69, 9.17) is 10.00 Å². The molecule has 0 aliphatic carbocycles. The van der Waals surface area contributed by atoms with Crippen molar-refractivity contribution in [1.29, 1.82) is 5.26 Å². The van der Waals surface area contributed by atoms with E-state index in [1.54, 1.807) is 6.07 Å². The van der Waals surface area contributed by atoms with Crippen molar-refractivity contribution in [3.8, 4) is 6.07 Å². The van der Waals surface area contributed by atoms with E-state index >= 15 is 0 Å². The van der Waals surface area contributed by atoms with E-state index in [0.29, 0.717) is 24.8 Å². The minimum Gasteiger partial charge on any atom is -0.375 e. The molecule has 0 spiro atoms. The third-order valence-electron chi connectivity index (χ3n) is 2.12. The lowest BCUT2D eigenvalue weighted by Crippen LogP contribution is -2.26. The molecule has 0 heterocycles. The highest BCUT2D eigenvalue weighted by molar-refractivity contribution is 5.32. The lowest BCUT2D eigenvalue weighted by atomic mass is 10.1. The molecule has 1 aromatic carbocycles. The van der Waals surface area contributed by atoms with E-state index in [1.165, 1.54) is 0 Å². The van der Waals surface area contributed by atoms with Crippen molar-refractivity contribution in [3.63, 3.8) is 0 Å². The SMILES string of the molecule is CC(C)NCCOCc1cccc(C#N)c1. The molecule has 0 aromatic heterocycles. The highest BCUT2D eigenvalue weighted by atomic mass is 16.5. The maximum absolute atomic E-state index is 8.73. The fourth-order valence-electron chi connectivity index (χ4n) is 1.34. The Labute approximate surface area is 97.0 Å². The van der Waals surface area contributed by atoms with Gasteiger partial charge >= 0.3 is 0 Å². The third-order valence-corrected chi connectivity index (χ3v) is 2.12. The predicted octanol–water partition coefficient (Wildman–Crippen LogP) is 2.07. The zero-order chi connectivity index (χ0) is 11.8. The monoisotopic (exact) mass is 218 g/mol. The number of nitriles is 1. The molecule has 1 rings (SSSR count). The molecule has 0 saturated carbocycles. The van der Waals surface area contributed by atoms with Crippen LogP contribution < -0.4 is 5.32 Å². The van der Waals surface area contributed by atoms with Gasteiger partial charge in [0.2, 0.25) is 0 Å². The minimum atomic E-state index is 0.491. The molecule has 86 valence electrons. The molecule has 0 radical (unpaired) electrons. The Bertz CT molecular complexity index is 355. The largest absolute Gasteiger partial charge is 0.375 e. The molecule has 0 aliphatic rings. The Morgan fingerprint density at radius 1 is 1.44 bits per heavy atom. The van der Waals surface area contributed by atoms with Gasteiger partial charge in [0.25, 0.3) is 0 Å². The van der Waals surface area contributed by atoms with Crippen molar-refractivity contribution >= 4 is 0 Å². The van der Waals surface area contributed by atoms with Crippen LogP contribution >= 0.6 is 0 Å². The minimum absolute atomic E-state index is 0.491. The molecule has 1 aromatic rings. The van der Waals surface area contributed by atoms with Crippen LogP contribution in [0, 0.1) is 11.3 Å². The van der Waals surface area contributed by atoms with E-state index in [0.717, 1.165) is 12.1 Å². The number of hydrogen-bond donors (Lipinski definition) is 1. The molecule has 3 heteroatoms. The fourth-order valence-corrected chi connectivity index (χ4v) is 1.34. The van der Waals surface area contributed by atoms with Crippen molar-refractivity contribution in [2.75, 3.05) is 13.2 Å². The summed E-state index contributed by atoms with van der Waals surface area (Å²) in [7, 11) is 0. The van der Waals surface area contributed by atoms with Crippen LogP contribution in [0.4, 0.5) is 0 Å². The number of benzene rings is 1. The van der Waals surface area contributed by atoms with Crippen molar-refractivity contribution in [3.05, 3.63) is 35.4 Å². The Morgan fingerprint density at radius 2 is 2.25 bits per heavy atom. The normalized spacial score (nSPS) is 10.4. The lowest BCUT2D eigenvalue weighted by molar-refractivity contribution is 0.121. The van der Waals surface area contributed by atoms with E-state index in [-0.39, 0.29) is 0 Å². The molecule has 0 atom stereocenters. The van der Waals surface area contributed by atoms with E-state index in [9.17, 15) is 0 Å². The summed E-state index contributed by atoms with van der Waals surface area (Å²) in [6, 6.07) is 10.1. The van der Waals surface area contributed by atoms with Crippen LogP contribution in [0.15, 0.2) is 24.3 Å². The number of rotatable bonds is 6. The molecular formula is C13H18N2O. The zero-order valence-electron chi connectivity index (χ0n) is 9.86. The molecule has 0 aliphatic heterocycles. The van der Waals surface area contributed by atoms with Crippen LogP contribution in [0.5, 0.6) is 0 Å². The molecular weight excluding hydrogens is 200 g/mol. The van der Waals surface area contributed by atoms with Gasteiger partial charge in [0.1, 0.15) is 0 Å². The molecule has 0 unspecified atom stereocenters. The van der Waals surface area contributed by atoms with Crippen LogP contribution in [-0.2, 0) is 11.3 Å². The molecule has 16 heavy (non-hydrogen) atoms. The molecule has 0 fully saturated rings. The summed E-state index contributed by atoms with van der Waals surface area (Å²) in [6.07, 6.45) is 0. The second kappa shape index (κ2) is 7.00. The number of nitrogens with one attached hydrogen (secondary N) is 1. The van der Waals surface area contributed by atoms with Gasteiger partial charge in [-0.15, -0.1) is 0 Å². The number of nitrogens with zero attached hydrogens (tertiary/aromatic N) is 1. The molecule has 0 bridgehead atoms. The molecule has 0 saturated heterocycles. The quantitative estimate of drug-likeness (QED) is 0.743. The van der Waals surface area contributed by atoms with Crippen LogP contribution in [0.25, 0.3) is 0 Å². The van der Waals surface area contributed by atoms with Crippen LogP contribution in [-0.4, -0.2) is 19.2 Å². The lowest BCUT2D eigenvalue weighted by Gasteiger charge is -2.08. The van der Waals surface area contributed by atoms with Gasteiger partial charge in [0, 0.05) is 12.6 Å². The first-order valence-corrected chi connectivity index (χ1v) is 5.52. The highest BCUT2D eigenvalue weighted by Crippen LogP contribution is 2.05. The summed E-state index contributed by atoms with van der Waals surface area (Å²) in [6.45, 7) is 6.33. The van der Waals surface area contributed by atoms with E-state index in [1.807, 2.05) is 18.2 Å². The van der Waals surface area contributed by atoms with Gasteiger partial charge in [-0.05, 0) is 17.7 Å². The second-order valence-corrected chi connectivity index (χ2v) is 3.97. The summed E-state index contributed by atoms with van der Waals surface area (Å²) in [5.41, 5.74) is 1.73. The number of hydrogen-bond acceptors (Lipinski definition) is 3. The van der Waals surface area contributed by atoms with Gasteiger partial charge in [-0.2, -0.15) is 5.26 Å². The first kappa shape index (κ1) is 12.7. The first-order chi connectivity index (χ1) is 7.72. The van der Waals surface area contributed by atoms with Crippen LogP contribution in [0.2, 0.25) is 0 Å². The topological polar surface area (TPSA) is 45.0 Å². The van der Waals surface area contributed by atoms with Gasteiger partial charge in [-0.1, -0.05) is 26.0 Å². The average Bonchev–Trinajstić information content (AvgIpc) is 2.28. The predicted molar refractivity (Wildman–Crippen MR) is 64.0 cm³/mol. The highest BCUT2D eigenvalue weighted by Gasteiger charge is 1.96. The van der Waals surface area contributed by atoms with Gasteiger partial charge in [-0.25, -0.2) is 0 Å². The maximum atomic E-state index is 8.73. The van der Waals surface area contributed by atoms with Crippen molar-refractivity contribution in [1.82, 2.24) is 5.32 Å². The molecule has 1 N–H and O–H groups in total. The fraction of sp³-hybridized carbons (Fsp3) is 0.462. The van der Waals surface area contributed by atoms with Crippen molar-refractivity contribution in [2.45, 2.75) is 26.5 Å². The Hall–Kier alpha value is -1.37. The van der Waals surface area contributed by atoms with Crippen LogP contribution in [0.3, 0.4) is 0 Å². The third kappa shape index (κ3) is 4.92. The van der Waals surface area contributed by atoms with Gasteiger partial charge < -0.3 is 10.1 Å². The zero-order valence-corrected chi connectivity index (χ0v) is 9.86. The van der Waals surface area contributed by atoms with Gasteiger partial charge in [0.05, 0.1) is 24.8 Å². The average molecular weight is 218 g/mol. The van der Waals surface area contributed by atoms with Gasteiger partial charge in [-0.3, -0.25) is 0 Å². The molecule has 0 amide bonds. The van der Waals surface area contributed by atoms with E-state index < -0.39 is 0 Å². The first-order valence-electron chi connectivity index (χ1n) is 5.52. The summed E-state index contributed by atoms with van der Waals surface area (Å²) < 4.78 is 5.50. The smallest absolute Gasteiger partial charge is 0.0991 e. The van der Waals surface area contributed by atoms with Crippen molar-refractivity contribution in [2.24, 2.45) is 0 Å². The summed E-state index contributed by atoms with van der Waals surface area (Å²) in [5, 5.41) is 12.0. The summed E-state index contributed by atoms with van der Waals surface area (Å²) >= 11 is 0. The standard InChI is InChI=1S/C13H18N2O/c1-11(2)15-6-7-16-10-13-5-3-4-12(8-13)9-14/h3-5,8,11,15H,6-7,10H2,1-2H3. The van der Waals surface area contributed by atoms with Gasteiger partial charge in [0.15, 0.2) is 0 Å².